The Morgan fingerprint density at radius 1 is 1.10 bits per heavy atom. The number of benzene rings is 1. The van der Waals surface area contributed by atoms with Crippen LogP contribution in [0.4, 0.5) is 5.69 Å². The Balaban J connectivity index is 1.52. The van der Waals surface area contributed by atoms with Crippen LogP contribution in [-0.4, -0.2) is 56.6 Å². The maximum absolute atomic E-state index is 12.9. The second kappa shape index (κ2) is 10.4. The van der Waals surface area contributed by atoms with Gasteiger partial charge in [0.25, 0.3) is 0 Å². The highest BCUT2D eigenvalue weighted by molar-refractivity contribution is 5.96. The number of aliphatic hydroxyl groups is 1. The average Bonchev–Trinajstić information content (AvgIpc) is 3.21. The molecule has 0 radical (unpaired) electrons. The second-order valence-corrected chi connectivity index (χ2v) is 9.52. The van der Waals surface area contributed by atoms with Crippen molar-refractivity contribution in [1.82, 2.24) is 4.90 Å². The Bertz CT molecular complexity index is 764. The van der Waals surface area contributed by atoms with Crippen molar-refractivity contribution in [2.45, 2.75) is 44.6 Å². The molecule has 4 atom stereocenters. The molecule has 3 rings (SSSR count). The van der Waals surface area contributed by atoms with Gasteiger partial charge in [-0.25, -0.2) is 0 Å². The van der Waals surface area contributed by atoms with E-state index in [0.29, 0.717) is 5.92 Å². The summed E-state index contributed by atoms with van der Waals surface area (Å²) >= 11 is 0. The maximum atomic E-state index is 12.9. The number of carbonyl (C=O) groups excluding carboxylic acids is 1. The molecular formula is C26H38N2O2. The van der Waals surface area contributed by atoms with Crippen LogP contribution in [0, 0.1) is 17.8 Å². The molecule has 0 unspecified atom stereocenters. The first-order valence-electron chi connectivity index (χ1n) is 11.4. The highest BCUT2D eigenvalue weighted by Crippen LogP contribution is 2.48. The molecule has 0 saturated heterocycles. The quantitative estimate of drug-likeness (QED) is 0.353. The lowest BCUT2D eigenvalue weighted by atomic mass is 9.86. The van der Waals surface area contributed by atoms with Crippen molar-refractivity contribution in [3.63, 3.8) is 0 Å². The van der Waals surface area contributed by atoms with Crippen molar-refractivity contribution in [3.8, 4) is 0 Å². The third-order valence-corrected chi connectivity index (χ3v) is 6.67. The molecular weight excluding hydrogens is 372 g/mol. The van der Waals surface area contributed by atoms with E-state index in [9.17, 15) is 9.90 Å². The van der Waals surface area contributed by atoms with Crippen molar-refractivity contribution in [2.75, 3.05) is 39.6 Å². The van der Waals surface area contributed by atoms with Crippen molar-refractivity contribution in [3.05, 3.63) is 47.6 Å². The number of fused-ring (bicyclic) bond motifs is 1. The van der Waals surface area contributed by atoms with Crippen LogP contribution in [-0.2, 0) is 4.79 Å². The minimum absolute atomic E-state index is 0.0762. The molecule has 1 N–H and O–H groups in total. The fourth-order valence-electron chi connectivity index (χ4n) is 5.01. The smallest absolute Gasteiger partial charge is 0.161 e. The molecule has 1 fully saturated rings. The van der Waals surface area contributed by atoms with E-state index in [2.05, 4.69) is 42.1 Å². The van der Waals surface area contributed by atoms with Crippen molar-refractivity contribution in [1.29, 1.82) is 0 Å². The van der Waals surface area contributed by atoms with E-state index < -0.39 is 6.10 Å². The molecule has 0 aliphatic heterocycles. The Morgan fingerprint density at radius 2 is 1.83 bits per heavy atom. The summed E-state index contributed by atoms with van der Waals surface area (Å²) in [5, 5.41) is 10.5. The lowest BCUT2D eigenvalue weighted by Crippen LogP contribution is -2.27. The molecule has 1 aromatic carbocycles. The number of rotatable bonds is 10. The van der Waals surface area contributed by atoms with Crippen molar-refractivity contribution < 1.29 is 9.90 Å². The van der Waals surface area contributed by atoms with Gasteiger partial charge in [0.15, 0.2) is 5.78 Å². The lowest BCUT2D eigenvalue weighted by Gasteiger charge is -2.19. The first-order valence-corrected chi connectivity index (χ1v) is 11.4. The van der Waals surface area contributed by atoms with Gasteiger partial charge in [-0.3, -0.25) is 4.79 Å². The van der Waals surface area contributed by atoms with Crippen LogP contribution in [0.1, 0.15) is 44.1 Å². The summed E-state index contributed by atoms with van der Waals surface area (Å²) in [5.74, 6) is 0.477. The molecule has 2 aliphatic rings. The summed E-state index contributed by atoms with van der Waals surface area (Å²) < 4.78 is 0. The van der Waals surface area contributed by atoms with E-state index in [4.69, 9.17) is 0 Å². The van der Waals surface area contributed by atoms with Gasteiger partial charge in [-0.05, 0) is 88.4 Å². The summed E-state index contributed by atoms with van der Waals surface area (Å²) in [6, 6.07) is 8.16. The van der Waals surface area contributed by atoms with Gasteiger partial charge in [0.05, 0.1) is 12.0 Å². The number of carbonyl (C=O) groups is 1. The van der Waals surface area contributed by atoms with Crippen molar-refractivity contribution in [2.24, 2.45) is 17.8 Å². The topological polar surface area (TPSA) is 43.8 Å². The van der Waals surface area contributed by atoms with Crippen LogP contribution in [0.2, 0.25) is 0 Å². The van der Waals surface area contributed by atoms with Crippen LogP contribution in [0.25, 0.3) is 6.08 Å². The first kappa shape index (κ1) is 22.8. The van der Waals surface area contributed by atoms with Crippen LogP contribution in [0.15, 0.2) is 42.0 Å². The number of ketones is 1. The molecule has 0 heterocycles. The zero-order chi connectivity index (χ0) is 21.7. The molecule has 0 amide bonds. The van der Waals surface area contributed by atoms with Gasteiger partial charge in [0.2, 0.25) is 0 Å². The Morgan fingerprint density at radius 3 is 2.50 bits per heavy atom. The normalized spacial score (nSPS) is 25.7. The minimum atomic E-state index is -0.508. The number of allylic oxidation sites excluding steroid dienone is 3. The van der Waals surface area contributed by atoms with Gasteiger partial charge in [-0.2, -0.15) is 0 Å². The number of nitrogens with zero attached hydrogens (tertiary/aromatic N) is 2. The minimum Gasteiger partial charge on any atom is -0.392 e. The fourth-order valence-corrected chi connectivity index (χ4v) is 5.01. The monoisotopic (exact) mass is 410 g/mol. The maximum Gasteiger partial charge on any atom is 0.161 e. The molecule has 2 aliphatic carbocycles. The molecule has 1 aromatic rings. The number of hydrogen-bond donors (Lipinski definition) is 1. The highest BCUT2D eigenvalue weighted by Gasteiger charge is 2.47. The van der Waals surface area contributed by atoms with Crippen LogP contribution in [0.5, 0.6) is 0 Å². The van der Waals surface area contributed by atoms with Gasteiger partial charge in [0.1, 0.15) is 0 Å². The zero-order valence-corrected chi connectivity index (χ0v) is 19.1. The Hall–Kier alpha value is -1.91. The van der Waals surface area contributed by atoms with E-state index in [1.807, 2.05) is 32.3 Å². The predicted molar refractivity (Wildman–Crippen MR) is 126 cm³/mol. The summed E-state index contributed by atoms with van der Waals surface area (Å²) in [6.07, 6.45) is 12.0. The van der Waals surface area contributed by atoms with Gasteiger partial charge >= 0.3 is 0 Å². The molecule has 1 saturated carbocycles. The zero-order valence-electron chi connectivity index (χ0n) is 19.1. The van der Waals surface area contributed by atoms with Crippen molar-refractivity contribution >= 4 is 17.5 Å². The van der Waals surface area contributed by atoms with Crippen LogP contribution >= 0.6 is 0 Å². The molecule has 4 nitrogen and oxygen atoms in total. The summed E-state index contributed by atoms with van der Waals surface area (Å²) in [5.41, 5.74) is 3.66. The Kier molecular flexibility index (Phi) is 7.90. The van der Waals surface area contributed by atoms with E-state index >= 15 is 0 Å². The SMILES string of the molecule is CN(C)CCCCCC1=C[C@H]2C[C@@H](O)[C@H](C(=O)C=Cc3ccc(N(C)C)cc3)[C@H]2C1. The number of aliphatic hydroxyl groups excluding tert-OH is 1. The lowest BCUT2D eigenvalue weighted by molar-refractivity contribution is -0.121. The number of hydrogen-bond acceptors (Lipinski definition) is 4. The molecule has 0 spiro atoms. The largest absolute Gasteiger partial charge is 0.392 e. The fraction of sp³-hybridized carbons (Fsp3) is 0.577. The molecule has 0 bridgehead atoms. The molecule has 164 valence electrons. The third kappa shape index (κ3) is 5.83. The van der Waals surface area contributed by atoms with E-state index in [-0.39, 0.29) is 17.6 Å². The van der Waals surface area contributed by atoms with Gasteiger partial charge in [0, 0.05) is 19.8 Å². The third-order valence-electron chi connectivity index (χ3n) is 6.67. The predicted octanol–water partition coefficient (Wildman–Crippen LogP) is 4.40. The average molecular weight is 411 g/mol. The summed E-state index contributed by atoms with van der Waals surface area (Å²) in [4.78, 5) is 17.2. The standard InChI is InChI=1S/C26H38N2O2/c1-27(2)15-7-5-6-8-20-16-21-18-25(30)26(23(21)17-20)24(29)14-11-19-9-12-22(13-10-19)28(3)4/h9-14,16,21,23,25-26,30H,5-8,15,17-18H2,1-4H3/t21-,23-,25+,26-/m0/s1. The van der Waals surface area contributed by atoms with Crippen LogP contribution in [0.3, 0.4) is 0 Å². The summed E-state index contributed by atoms with van der Waals surface area (Å²) in [6.45, 7) is 1.15. The van der Waals surface area contributed by atoms with Crippen LogP contribution < -0.4 is 4.90 Å². The van der Waals surface area contributed by atoms with Gasteiger partial charge < -0.3 is 14.9 Å². The highest BCUT2D eigenvalue weighted by atomic mass is 16.3. The molecule has 0 aromatic heterocycles. The molecule has 4 heteroatoms. The number of unbranched alkanes of at least 4 members (excludes halogenated alkanes) is 2. The number of anilines is 1. The first-order chi connectivity index (χ1) is 14.3. The Labute approximate surface area is 182 Å². The van der Waals surface area contributed by atoms with Gasteiger partial charge in [-0.15, -0.1) is 0 Å². The van der Waals surface area contributed by atoms with E-state index in [1.54, 1.807) is 6.08 Å². The van der Waals surface area contributed by atoms with E-state index in [0.717, 1.165) is 37.1 Å². The second-order valence-electron chi connectivity index (χ2n) is 9.52. The molecule has 30 heavy (non-hydrogen) atoms. The summed E-state index contributed by atoms with van der Waals surface area (Å²) in [7, 11) is 8.27. The van der Waals surface area contributed by atoms with E-state index in [1.165, 1.54) is 24.8 Å². The van der Waals surface area contributed by atoms with Gasteiger partial charge in [-0.1, -0.05) is 36.3 Å².